The van der Waals surface area contributed by atoms with Crippen LogP contribution in [0.5, 0.6) is 5.75 Å². The van der Waals surface area contributed by atoms with E-state index in [9.17, 15) is 4.79 Å². The van der Waals surface area contributed by atoms with Gasteiger partial charge >= 0.3 is 0 Å². The monoisotopic (exact) mass is 278 g/mol. The number of ether oxygens (including phenoxy) is 1. The minimum absolute atomic E-state index is 0.0349. The zero-order valence-corrected chi connectivity index (χ0v) is 11.9. The molecular formula is C15H22N2O3. The number of hydrogen-bond donors (Lipinski definition) is 1. The molecule has 0 unspecified atom stereocenters. The summed E-state index contributed by atoms with van der Waals surface area (Å²) in [6, 6.07) is 7.58. The standard InChI is InChI=1S/C15H22N2O3/c1-13-4-6-14(7-5-13)19-12-15(18)16-20-11-10-17-8-2-3-9-17/h4-7H,2-3,8-12H2,1H3,(H,16,18). The summed E-state index contributed by atoms with van der Waals surface area (Å²) in [7, 11) is 0. The average Bonchev–Trinajstić information content (AvgIpc) is 2.96. The van der Waals surface area contributed by atoms with Gasteiger partial charge in [-0.15, -0.1) is 0 Å². The van der Waals surface area contributed by atoms with Crippen molar-refractivity contribution in [2.75, 3.05) is 32.8 Å². The molecule has 20 heavy (non-hydrogen) atoms. The number of hydrogen-bond acceptors (Lipinski definition) is 4. The fourth-order valence-electron chi connectivity index (χ4n) is 2.13. The lowest BCUT2D eigenvalue weighted by Crippen LogP contribution is -2.32. The van der Waals surface area contributed by atoms with Crippen molar-refractivity contribution < 1.29 is 14.4 Å². The number of hydroxylamine groups is 1. The van der Waals surface area contributed by atoms with Crippen LogP contribution < -0.4 is 10.2 Å². The topological polar surface area (TPSA) is 50.8 Å². The molecule has 5 nitrogen and oxygen atoms in total. The lowest BCUT2D eigenvalue weighted by molar-refractivity contribution is -0.135. The molecule has 110 valence electrons. The van der Waals surface area contributed by atoms with Crippen molar-refractivity contribution >= 4 is 5.91 Å². The van der Waals surface area contributed by atoms with Gasteiger partial charge < -0.3 is 9.64 Å². The largest absolute Gasteiger partial charge is 0.484 e. The molecule has 0 atom stereocenters. The second kappa shape index (κ2) is 7.87. The summed E-state index contributed by atoms with van der Waals surface area (Å²) in [6.07, 6.45) is 2.52. The smallest absolute Gasteiger partial charge is 0.281 e. The second-order valence-corrected chi connectivity index (χ2v) is 5.02. The summed E-state index contributed by atoms with van der Waals surface area (Å²) in [5.74, 6) is 0.412. The predicted octanol–water partition coefficient (Wildman–Crippen LogP) is 1.52. The maximum atomic E-state index is 11.5. The molecule has 0 radical (unpaired) electrons. The third-order valence-electron chi connectivity index (χ3n) is 3.29. The molecule has 1 aromatic rings. The van der Waals surface area contributed by atoms with E-state index in [2.05, 4.69) is 10.4 Å². The first-order chi connectivity index (χ1) is 9.74. The van der Waals surface area contributed by atoms with Crippen molar-refractivity contribution in [3.63, 3.8) is 0 Å². The molecule has 1 aliphatic rings. The Labute approximate surface area is 119 Å². The van der Waals surface area contributed by atoms with Gasteiger partial charge in [-0.2, -0.15) is 0 Å². The Hall–Kier alpha value is -1.59. The van der Waals surface area contributed by atoms with Gasteiger partial charge in [0.25, 0.3) is 5.91 Å². The van der Waals surface area contributed by atoms with Gasteiger partial charge in [-0.1, -0.05) is 17.7 Å². The predicted molar refractivity (Wildman–Crippen MR) is 76.4 cm³/mol. The highest BCUT2D eigenvalue weighted by Gasteiger charge is 2.10. The Morgan fingerprint density at radius 1 is 1.25 bits per heavy atom. The zero-order valence-electron chi connectivity index (χ0n) is 11.9. The molecule has 0 aliphatic carbocycles. The highest BCUT2D eigenvalue weighted by Crippen LogP contribution is 2.10. The lowest BCUT2D eigenvalue weighted by atomic mass is 10.2. The third-order valence-corrected chi connectivity index (χ3v) is 3.29. The van der Waals surface area contributed by atoms with E-state index >= 15 is 0 Å². The van der Waals surface area contributed by atoms with Gasteiger partial charge in [0.1, 0.15) is 5.75 Å². The van der Waals surface area contributed by atoms with Crippen LogP contribution in [-0.2, 0) is 9.63 Å². The number of nitrogens with one attached hydrogen (secondary N) is 1. The summed E-state index contributed by atoms with van der Waals surface area (Å²) < 4.78 is 5.35. The van der Waals surface area contributed by atoms with Crippen LogP contribution in [0.25, 0.3) is 0 Å². The maximum Gasteiger partial charge on any atom is 0.281 e. The van der Waals surface area contributed by atoms with Crippen LogP contribution >= 0.6 is 0 Å². The van der Waals surface area contributed by atoms with E-state index in [1.807, 2.05) is 31.2 Å². The fraction of sp³-hybridized carbons (Fsp3) is 0.533. The quantitative estimate of drug-likeness (QED) is 0.607. The second-order valence-electron chi connectivity index (χ2n) is 5.02. The van der Waals surface area contributed by atoms with Crippen LogP contribution in [0, 0.1) is 6.92 Å². The van der Waals surface area contributed by atoms with Crippen LogP contribution in [0.1, 0.15) is 18.4 Å². The summed E-state index contributed by atoms with van der Waals surface area (Å²) in [6.45, 7) is 5.61. The van der Waals surface area contributed by atoms with Gasteiger partial charge in [0.2, 0.25) is 0 Å². The summed E-state index contributed by atoms with van der Waals surface area (Å²) in [4.78, 5) is 19.0. The van der Waals surface area contributed by atoms with Crippen LogP contribution in [0.4, 0.5) is 0 Å². The Morgan fingerprint density at radius 3 is 2.65 bits per heavy atom. The highest BCUT2D eigenvalue weighted by molar-refractivity contribution is 5.76. The first kappa shape index (κ1) is 14.8. The van der Waals surface area contributed by atoms with E-state index in [4.69, 9.17) is 9.57 Å². The molecule has 1 N–H and O–H groups in total. The number of nitrogens with zero attached hydrogens (tertiary/aromatic N) is 1. The molecule has 2 rings (SSSR count). The number of carbonyl (C=O) groups excluding carboxylic acids is 1. The van der Waals surface area contributed by atoms with Crippen molar-refractivity contribution in [1.29, 1.82) is 0 Å². The van der Waals surface area contributed by atoms with E-state index < -0.39 is 0 Å². The van der Waals surface area contributed by atoms with Gasteiger partial charge in [-0.25, -0.2) is 5.48 Å². The molecule has 1 saturated heterocycles. The van der Waals surface area contributed by atoms with Crippen LogP contribution in [0.15, 0.2) is 24.3 Å². The Morgan fingerprint density at radius 2 is 1.95 bits per heavy atom. The van der Waals surface area contributed by atoms with Crippen LogP contribution in [-0.4, -0.2) is 43.7 Å². The number of rotatable bonds is 7. The first-order valence-corrected chi connectivity index (χ1v) is 7.06. The SMILES string of the molecule is Cc1ccc(OCC(=O)NOCCN2CCCC2)cc1. The third kappa shape index (κ3) is 5.19. The summed E-state index contributed by atoms with van der Waals surface area (Å²) >= 11 is 0. The van der Waals surface area contributed by atoms with E-state index in [-0.39, 0.29) is 12.5 Å². The number of amides is 1. The Bertz CT molecular complexity index is 414. The molecule has 1 amide bonds. The fourth-order valence-corrected chi connectivity index (χ4v) is 2.13. The summed E-state index contributed by atoms with van der Waals surface area (Å²) in [5, 5.41) is 0. The van der Waals surface area contributed by atoms with Crippen LogP contribution in [0.2, 0.25) is 0 Å². The van der Waals surface area contributed by atoms with Crippen LogP contribution in [0.3, 0.4) is 0 Å². The normalized spacial score (nSPS) is 15.2. The van der Waals surface area contributed by atoms with Gasteiger partial charge in [0.15, 0.2) is 6.61 Å². The van der Waals surface area contributed by atoms with E-state index in [1.165, 1.54) is 12.8 Å². The molecule has 1 aromatic carbocycles. The summed E-state index contributed by atoms with van der Waals surface area (Å²) in [5.41, 5.74) is 3.56. The number of aryl methyl sites for hydroxylation is 1. The highest BCUT2D eigenvalue weighted by atomic mass is 16.7. The number of likely N-dealkylation sites (tertiary alicyclic amines) is 1. The number of carbonyl (C=O) groups is 1. The number of benzene rings is 1. The van der Waals surface area contributed by atoms with Crippen molar-refractivity contribution in [3.05, 3.63) is 29.8 Å². The van der Waals surface area contributed by atoms with Crippen molar-refractivity contribution in [1.82, 2.24) is 10.4 Å². The molecule has 0 saturated carbocycles. The molecule has 0 aromatic heterocycles. The first-order valence-electron chi connectivity index (χ1n) is 7.06. The molecule has 1 aliphatic heterocycles. The molecule has 1 fully saturated rings. The average molecular weight is 278 g/mol. The Balaban J connectivity index is 1.54. The molecule has 0 spiro atoms. The van der Waals surface area contributed by atoms with Gasteiger partial charge in [-0.05, 0) is 45.0 Å². The molecule has 0 bridgehead atoms. The molecule has 1 heterocycles. The lowest BCUT2D eigenvalue weighted by Gasteiger charge is -2.14. The van der Waals surface area contributed by atoms with Crippen molar-refractivity contribution in [2.24, 2.45) is 0 Å². The van der Waals surface area contributed by atoms with Gasteiger partial charge in [0, 0.05) is 6.54 Å². The van der Waals surface area contributed by atoms with E-state index in [0.717, 1.165) is 25.2 Å². The Kier molecular flexibility index (Phi) is 5.83. The maximum absolute atomic E-state index is 11.5. The van der Waals surface area contributed by atoms with E-state index in [0.29, 0.717) is 12.4 Å². The molecular weight excluding hydrogens is 256 g/mol. The van der Waals surface area contributed by atoms with Crippen molar-refractivity contribution in [3.8, 4) is 5.75 Å². The molecule has 5 heteroatoms. The minimum Gasteiger partial charge on any atom is -0.484 e. The van der Waals surface area contributed by atoms with Gasteiger partial charge in [0.05, 0.1) is 6.61 Å². The van der Waals surface area contributed by atoms with Crippen molar-refractivity contribution in [2.45, 2.75) is 19.8 Å². The van der Waals surface area contributed by atoms with Gasteiger partial charge in [-0.3, -0.25) is 9.63 Å². The zero-order chi connectivity index (χ0) is 14.2. The van der Waals surface area contributed by atoms with E-state index in [1.54, 1.807) is 0 Å². The minimum atomic E-state index is -0.271.